The van der Waals surface area contributed by atoms with Gasteiger partial charge in [-0.1, -0.05) is 91.7 Å². The molecular weight excluding hydrogens is 609 g/mol. The van der Waals surface area contributed by atoms with Crippen molar-refractivity contribution in [1.29, 1.82) is 10.5 Å². The number of fused-ring (bicyclic) bond motifs is 4. The molecule has 0 aliphatic heterocycles. The summed E-state index contributed by atoms with van der Waals surface area (Å²) in [4.78, 5) is 0. The fourth-order valence-electron chi connectivity index (χ4n) is 8.06. The zero-order valence-corrected chi connectivity index (χ0v) is 28.0. The number of terminal acetylenes is 1. The van der Waals surface area contributed by atoms with Crippen molar-refractivity contribution in [3.05, 3.63) is 161 Å². The third kappa shape index (κ3) is 4.92. The Morgan fingerprint density at radius 2 is 1.46 bits per heavy atom. The number of aryl methyl sites for hydroxylation is 1. The maximum absolute atomic E-state index is 10.3. The Bertz CT molecular complexity index is 2590. The molecule has 4 heteroatoms. The van der Waals surface area contributed by atoms with E-state index in [4.69, 9.17) is 6.42 Å². The predicted molar refractivity (Wildman–Crippen MR) is 205 cm³/mol. The maximum atomic E-state index is 10.3. The molecule has 0 spiro atoms. The van der Waals surface area contributed by atoms with Crippen molar-refractivity contribution >= 4 is 44.5 Å². The molecule has 0 saturated heterocycles. The van der Waals surface area contributed by atoms with Gasteiger partial charge < -0.3 is 9.13 Å². The molecule has 238 valence electrons. The van der Waals surface area contributed by atoms with Crippen molar-refractivity contribution in [2.75, 3.05) is 0 Å². The van der Waals surface area contributed by atoms with Crippen LogP contribution < -0.4 is 0 Å². The largest absolute Gasteiger partial charge is 0.313 e. The third-order valence-corrected chi connectivity index (χ3v) is 10.4. The molecule has 0 saturated carbocycles. The van der Waals surface area contributed by atoms with Crippen molar-refractivity contribution < 1.29 is 0 Å². The molecule has 2 aliphatic carbocycles. The number of hydrogen-bond donors (Lipinski definition) is 0. The van der Waals surface area contributed by atoms with E-state index in [0.29, 0.717) is 11.1 Å². The molecule has 6 aromatic rings. The van der Waals surface area contributed by atoms with Crippen LogP contribution in [-0.4, -0.2) is 9.13 Å². The van der Waals surface area contributed by atoms with Crippen molar-refractivity contribution in [2.45, 2.75) is 26.2 Å². The summed E-state index contributed by atoms with van der Waals surface area (Å²) in [6.45, 7) is 4.38. The Labute approximate surface area is 292 Å². The van der Waals surface area contributed by atoms with Crippen LogP contribution in [0.3, 0.4) is 0 Å². The van der Waals surface area contributed by atoms with Gasteiger partial charge in [-0.2, -0.15) is 10.5 Å². The minimum Gasteiger partial charge on any atom is -0.313 e. The second-order valence-electron chi connectivity index (χ2n) is 13.1. The van der Waals surface area contributed by atoms with E-state index in [0.717, 1.165) is 62.1 Å². The minimum atomic E-state index is -0.0366. The lowest BCUT2D eigenvalue weighted by Crippen LogP contribution is -2.22. The van der Waals surface area contributed by atoms with Crippen molar-refractivity contribution in [3.8, 4) is 30.2 Å². The molecule has 4 nitrogen and oxygen atoms in total. The highest BCUT2D eigenvalue weighted by Gasteiger charge is 2.31. The molecule has 0 amide bonds. The second kappa shape index (κ2) is 12.5. The quantitative estimate of drug-likeness (QED) is 0.176. The molecule has 4 aromatic carbocycles. The summed E-state index contributed by atoms with van der Waals surface area (Å²) < 4.78 is 4.62. The van der Waals surface area contributed by atoms with Gasteiger partial charge in [0, 0.05) is 39.6 Å². The summed E-state index contributed by atoms with van der Waals surface area (Å²) in [5.74, 6) is 2.70. The average Bonchev–Trinajstić information content (AvgIpc) is 3.65. The van der Waals surface area contributed by atoms with Crippen LogP contribution in [0.15, 0.2) is 139 Å². The first-order valence-electron chi connectivity index (χ1n) is 17.0. The van der Waals surface area contributed by atoms with Gasteiger partial charge in [0.1, 0.15) is 0 Å². The Morgan fingerprint density at radius 1 is 0.800 bits per heavy atom. The van der Waals surface area contributed by atoms with Crippen molar-refractivity contribution in [2.24, 2.45) is 11.8 Å². The highest BCUT2D eigenvalue weighted by atomic mass is 15.0. The van der Waals surface area contributed by atoms with Gasteiger partial charge in [0.25, 0.3) is 0 Å². The molecule has 2 aliphatic rings. The van der Waals surface area contributed by atoms with Gasteiger partial charge in [0.15, 0.2) is 0 Å². The molecule has 0 bridgehead atoms. The molecule has 50 heavy (non-hydrogen) atoms. The van der Waals surface area contributed by atoms with Gasteiger partial charge in [-0.3, -0.25) is 0 Å². The Balaban J connectivity index is 1.26. The Hall–Kier alpha value is -6.54. The highest BCUT2D eigenvalue weighted by Crippen LogP contribution is 2.44. The molecule has 3 unspecified atom stereocenters. The van der Waals surface area contributed by atoms with Gasteiger partial charge in [0.05, 0.1) is 51.2 Å². The molecule has 2 aromatic heterocycles. The van der Waals surface area contributed by atoms with Crippen LogP contribution in [0.2, 0.25) is 0 Å². The standard InChI is InChI=1S/C46H34N4/c1-4-5-18-41-30(2)36-15-6-9-19-42(36)49(41)46-26-33(29-48)25-39(31(46)3)34-13-12-14-35(27-34)40-24-32(28-47)22-23-45(40)50-43-20-10-7-16-37(43)38-17-8-11-21-44(38)50/h1,5-13,15-27,31,35,39H,14H2,2-3H3/b18-5-. The summed E-state index contributed by atoms with van der Waals surface area (Å²) in [6.07, 6.45) is 21.2. The number of para-hydroxylation sites is 3. The number of benzene rings is 4. The van der Waals surface area contributed by atoms with Crippen molar-refractivity contribution in [3.63, 3.8) is 0 Å². The summed E-state index contributed by atoms with van der Waals surface area (Å²) in [5, 5.41) is 23.9. The van der Waals surface area contributed by atoms with Crippen LogP contribution in [0.25, 0.3) is 50.2 Å². The predicted octanol–water partition coefficient (Wildman–Crippen LogP) is 10.8. The van der Waals surface area contributed by atoms with E-state index in [1.807, 2.05) is 18.2 Å². The third-order valence-electron chi connectivity index (χ3n) is 10.4. The van der Waals surface area contributed by atoms with Gasteiger partial charge >= 0.3 is 0 Å². The number of aromatic nitrogens is 2. The van der Waals surface area contributed by atoms with Crippen LogP contribution in [0, 0.1) is 53.8 Å². The molecule has 8 rings (SSSR count). The van der Waals surface area contributed by atoms with Gasteiger partial charge in [-0.15, -0.1) is 6.42 Å². The zero-order chi connectivity index (χ0) is 34.4. The number of nitriles is 2. The minimum absolute atomic E-state index is 0.0301. The number of hydrogen-bond acceptors (Lipinski definition) is 2. The molecule has 0 fully saturated rings. The topological polar surface area (TPSA) is 57.4 Å². The van der Waals surface area contributed by atoms with E-state index in [-0.39, 0.29) is 17.8 Å². The van der Waals surface area contributed by atoms with Crippen LogP contribution in [0.4, 0.5) is 0 Å². The fraction of sp³-hybridized carbons (Fsp3) is 0.130. The number of rotatable bonds is 5. The van der Waals surface area contributed by atoms with Crippen LogP contribution in [0.1, 0.15) is 41.6 Å². The zero-order valence-electron chi connectivity index (χ0n) is 28.0. The van der Waals surface area contributed by atoms with Crippen LogP contribution >= 0.6 is 0 Å². The van der Waals surface area contributed by atoms with Crippen molar-refractivity contribution in [1.82, 2.24) is 9.13 Å². The first kappa shape index (κ1) is 30.8. The molecule has 2 heterocycles. The van der Waals surface area contributed by atoms with Gasteiger partial charge in [0.2, 0.25) is 0 Å². The average molecular weight is 643 g/mol. The van der Waals surface area contributed by atoms with E-state index in [2.05, 4.69) is 150 Å². The fourth-order valence-corrected chi connectivity index (χ4v) is 8.06. The lowest BCUT2D eigenvalue weighted by atomic mass is 9.76. The summed E-state index contributed by atoms with van der Waals surface area (Å²) in [6, 6.07) is 36.4. The number of nitrogens with zero attached hydrogens (tertiary/aromatic N) is 4. The van der Waals surface area contributed by atoms with E-state index in [1.54, 1.807) is 6.08 Å². The van der Waals surface area contributed by atoms with Gasteiger partial charge in [-0.05, 0) is 84.7 Å². The maximum Gasteiger partial charge on any atom is 0.0991 e. The molecule has 3 atom stereocenters. The van der Waals surface area contributed by atoms with Crippen LogP contribution in [0.5, 0.6) is 0 Å². The monoisotopic (exact) mass is 642 g/mol. The second-order valence-corrected chi connectivity index (χ2v) is 13.1. The highest BCUT2D eigenvalue weighted by molar-refractivity contribution is 6.09. The summed E-state index contributed by atoms with van der Waals surface area (Å²) in [5.41, 5.74) is 11.2. The summed E-state index contributed by atoms with van der Waals surface area (Å²) >= 11 is 0. The lowest BCUT2D eigenvalue weighted by Gasteiger charge is -2.32. The first-order valence-corrected chi connectivity index (χ1v) is 17.0. The first-order chi connectivity index (χ1) is 24.5. The number of allylic oxidation sites excluding steroid dienone is 9. The normalized spacial score (nSPS) is 18.9. The van der Waals surface area contributed by atoms with E-state index < -0.39 is 0 Å². The SMILES string of the molecule is C#C/C=C\c1c(C)c2ccccc2n1C1=CC(C#N)=CC(C2=CC(c3cc(C#N)ccc3-n3c4ccccc4c4ccccc43)CC=C2)C1C. The Morgan fingerprint density at radius 3 is 2.12 bits per heavy atom. The summed E-state index contributed by atoms with van der Waals surface area (Å²) in [7, 11) is 0. The lowest BCUT2D eigenvalue weighted by molar-refractivity contribution is 0.572. The van der Waals surface area contributed by atoms with E-state index >= 15 is 0 Å². The molecule has 0 N–H and O–H groups in total. The smallest absolute Gasteiger partial charge is 0.0991 e. The van der Waals surface area contributed by atoms with Crippen LogP contribution in [-0.2, 0) is 0 Å². The Kier molecular flexibility index (Phi) is 7.68. The van der Waals surface area contributed by atoms with E-state index in [9.17, 15) is 10.5 Å². The molecule has 0 radical (unpaired) electrons. The van der Waals surface area contributed by atoms with E-state index in [1.165, 1.54) is 10.8 Å². The van der Waals surface area contributed by atoms with Gasteiger partial charge in [-0.25, -0.2) is 0 Å². The molecular formula is C46H34N4.